The number of hydrogen-bond acceptors (Lipinski definition) is 18. The number of carbonyl (C=O) groups is 2. The highest BCUT2D eigenvalue weighted by atomic mass is 16.7. The van der Waals surface area contributed by atoms with Crippen molar-refractivity contribution < 1.29 is 79.6 Å². The number of fused-ring (bicyclic) bond motifs is 2. The van der Waals surface area contributed by atoms with Crippen molar-refractivity contribution in [3.05, 3.63) is 85.1 Å². The maximum atomic E-state index is 13.8. The number of hydrogen-bond donors (Lipinski definition) is 13. The number of ether oxygens (including phenoxy) is 4. The fraction of sp³-hybridized carbons (Fsp3) is 0.673. The molecule has 10 unspecified atom stereocenters. The largest absolute Gasteiger partial charge is 0.462 e. The third-order valence-electron chi connectivity index (χ3n) is 12.6. The van der Waals surface area contributed by atoms with E-state index in [4.69, 9.17) is 30.4 Å². The van der Waals surface area contributed by atoms with Gasteiger partial charge in [-0.15, -0.1) is 0 Å². The number of aliphatic hydroxyl groups is 10. The van der Waals surface area contributed by atoms with Crippen molar-refractivity contribution in [1.29, 1.82) is 0 Å². The van der Waals surface area contributed by atoms with Crippen molar-refractivity contribution in [2.75, 3.05) is 6.61 Å². The van der Waals surface area contributed by atoms with Crippen molar-refractivity contribution in [2.24, 2.45) is 23.3 Å². The van der Waals surface area contributed by atoms with E-state index in [1.807, 2.05) is 37.3 Å². The average molecular weight is 964 g/mol. The summed E-state index contributed by atoms with van der Waals surface area (Å²) in [5.74, 6) is -5.06. The number of esters is 1. The zero-order valence-corrected chi connectivity index (χ0v) is 39.0. The van der Waals surface area contributed by atoms with Crippen LogP contribution in [0.1, 0.15) is 84.5 Å². The van der Waals surface area contributed by atoms with Crippen LogP contribution < -0.4 is 16.8 Å². The molecule has 1 aliphatic carbocycles. The Morgan fingerprint density at radius 2 is 1.28 bits per heavy atom. The molecule has 68 heavy (non-hydrogen) atoms. The maximum absolute atomic E-state index is 13.8. The summed E-state index contributed by atoms with van der Waals surface area (Å²) in [6, 6.07) is -1.45. The second kappa shape index (κ2) is 28.4. The fourth-order valence-electron chi connectivity index (χ4n) is 8.59. The molecule has 19 heteroatoms. The van der Waals surface area contributed by atoms with Crippen molar-refractivity contribution in [3.8, 4) is 0 Å². The minimum Gasteiger partial charge on any atom is -0.462 e. The SMILES string of the molecule is C[C@H]1CC(O)[C@@H](C)/C=C/C=C/C=C/C=C/C=C/C=C/C=C/C(O[C@@H]2OCC(O)[C@H](N)[C@@H]2O)C[C@@H]2OC(O)(CC(O)CC(O)C(O)CCC(O)CC(O)CC(=O)O1)C[C@H](O)C2C(=O)N[C@H]1C[C@H](N)C1. The summed E-state index contributed by atoms with van der Waals surface area (Å²) < 4.78 is 23.3. The third kappa shape index (κ3) is 19.4. The second-order valence-corrected chi connectivity index (χ2v) is 18.8. The summed E-state index contributed by atoms with van der Waals surface area (Å²) in [6.45, 7) is 3.22. The minimum atomic E-state index is -2.26. The lowest BCUT2D eigenvalue weighted by Crippen LogP contribution is -2.61. The van der Waals surface area contributed by atoms with E-state index in [1.54, 1.807) is 61.6 Å². The van der Waals surface area contributed by atoms with E-state index in [-0.39, 0.29) is 56.7 Å². The standard InChI is InChI=1S/C49H77N3O16/c1-29-15-13-11-9-7-5-3-4-6-8-10-12-14-16-36(67-48-46(62)45(51)41(60)28-65-48)25-42-44(47(63)52-32-20-31(50)21-32)40(59)27-49(64,68-42)26-35(55)23-39(58)37(56)18-17-33(53)22-34(54)24-43(61)66-30(2)19-38(29)57/h3-16,29-42,44-46,48,53-60,62,64H,17-28,50-51H2,1-2H3,(H,52,63)/b4-3+,7-5+,8-6+,11-9+,12-10+,15-13+,16-14+/t29-,30-,31-,32-,33?,34?,35?,36?,37?,38?,39?,40-,41?,42-,44?,45-,46-,48-,49?/m0/s1. The van der Waals surface area contributed by atoms with Crippen LogP contribution in [0.3, 0.4) is 0 Å². The molecule has 4 rings (SSSR count). The highest BCUT2D eigenvalue weighted by Gasteiger charge is 2.51. The van der Waals surface area contributed by atoms with Crippen molar-refractivity contribution in [3.63, 3.8) is 0 Å². The molecule has 0 spiro atoms. The van der Waals surface area contributed by atoms with E-state index in [2.05, 4.69) is 5.32 Å². The van der Waals surface area contributed by atoms with Gasteiger partial charge in [-0.3, -0.25) is 9.59 Å². The van der Waals surface area contributed by atoms with Crippen molar-refractivity contribution >= 4 is 11.9 Å². The van der Waals surface area contributed by atoms with Crippen LogP contribution in [0.25, 0.3) is 0 Å². The van der Waals surface area contributed by atoms with Crippen molar-refractivity contribution in [2.45, 2.75) is 188 Å². The smallest absolute Gasteiger partial charge is 0.308 e. The van der Waals surface area contributed by atoms with Crippen LogP contribution in [0.4, 0.5) is 0 Å². The number of carbonyl (C=O) groups excluding carboxylic acids is 2. The van der Waals surface area contributed by atoms with Gasteiger partial charge in [-0.1, -0.05) is 92.0 Å². The quantitative estimate of drug-likeness (QED) is 0.159. The first-order valence-electron chi connectivity index (χ1n) is 23.7. The van der Waals surface area contributed by atoms with Crippen LogP contribution in [0.15, 0.2) is 85.1 Å². The van der Waals surface area contributed by atoms with Crippen molar-refractivity contribution in [1.82, 2.24) is 5.32 Å². The third-order valence-corrected chi connectivity index (χ3v) is 12.6. The number of amides is 1. The first-order valence-corrected chi connectivity index (χ1v) is 23.7. The summed E-state index contributed by atoms with van der Waals surface area (Å²) in [4.78, 5) is 26.3. The van der Waals surface area contributed by atoms with Gasteiger partial charge in [0, 0.05) is 50.1 Å². The molecule has 0 aromatic rings. The summed E-state index contributed by atoms with van der Waals surface area (Å²) in [5.41, 5.74) is 12.0. The Hall–Kier alpha value is -3.48. The Morgan fingerprint density at radius 1 is 0.676 bits per heavy atom. The molecule has 1 saturated carbocycles. The van der Waals surface area contributed by atoms with Gasteiger partial charge in [0.25, 0.3) is 0 Å². The van der Waals surface area contributed by atoms with E-state index in [1.165, 1.54) is 0 Å². The lowest BCUT2D eigenvalue weighted by atomic mass is 9.81. The molecule has 19 nitrogen and oxygen atoms in total. The molecular weight excluding hydrogens is 887 g/mol. The molecule has 1 amide bonds. The molecule has 0 aromatic heterocycles. The normalized spacial score (nSPS) is 44.9. The van der Waals surface area contributed by atoms with Crippen LogP contribution in [0.5, 0.6) is 0 Å². The average Bonchev–Trinajstić information content (AvgIpc) is 3.23. The van der Waals surface area contributed by atoms with E-state index in [9.17, 15) is 60.7 Å². The summed E-state index contributed by atoms with van der Waals surface area (Å²) in [5, 5.41) is 112. The lowest BCUT2D eigenvalue weighted by molar-refractivity contribution is -0.304. The molecule has 3 aliphatic heterocycles. The van der Waals surface area contributed by atoms with Crippen LogP contribution in [0.2, 0.25) is 0 Å². The topological polar surface area (TPSA) is 337 Å². The molecule has 17 atom stereocenters. The van der Waals surface area contributed by atoms with E-state index in [0.29, 0.717) is 12.8 Å². The van der Waals surface area contributed by atoms with Gasteiger partial charge < -0.3 is 86.8 Å². The molecule has 2 saturated heterocycles. The molecule has 15 N–H and O–H groups in total. The lowest BCUT2D eigenvalue weighted by Gasteiger charge is -2.46. The van der Waals surface area contributed by atoms with Gasteiger partial charge in [0.05, 0.1) is 86.0 Å². The molecule has 0 aromatic carbocycles. The molecule has 384 valence electrons. The van der Waals surface area contributed by atoms with Gasteiger partial charge in [0.2, 0.25) is 5.91 Å². The van der Waals surface area contributed by atoms with Crippen LogP contribution in [0, 0.1) is 11.8 Å². The Labute approximate surface area is 398 Å². The number of allylic oxidation sites excluding steroid dienone is 12. The van der Waals surface area contributed by atoms with Gasteiger partial charge in [0.15, 0.2) is 12.1 Å². The first kappa shape index (κ1) is 57.1. The Morgan fingerprint density at radius 3 is 1.90 bits per heavy atom. The zero-order valence-electron chi connectivity index (χ0n) is 39.0. The minimum absolute atomic E-state index is 0.0895. The number of rotatable bonds is 4. The zero-order chi connectivity index (χ0) is 50.0. The summed E-state index contributed by atoms with van der Waals surface area (Å²) >= 11 is 0. The highest BCUT2D eigenvalue weighted by molar-refractivity contribution is 5.80. The molecule has 3 fully saturated rings. The summed E-state index contributed by atoms with van der Waals surface area (Å²) in [7, 11) is 0. The Bertz CT molecular complexity index is 1750. The van der Waals surface area contributed by atoms with Crippen LogP contribution in [-0.4, -0.2) is 173 Å². The molecular formula is C49H77N3O16. The van der Waals surface area contributed by atoms with E-state index in [0.717, 1.165) is 0 Å². The number of nitrogens with one attached hydrogen (secondary N) is 1. The molecule has 2 bridgehead atoms. The monoisotopic (exact) mass is 964 g/mol. The molecule has 4 aliphatic rings. The van der Waals surface area contributed by atoms with Gasteiger partial charge in [-0.25, -0.2) is 0 Å². The van der Waals surface area contributed by atoms with Gasteiger partial charge in [-0.2, -0.15) is 0 Å². The Kier molecular flexibility index (Phi) is 23.8. The fourth-order valence-corrected chi connectivity index (χ4v) is 8.59. The highest BCUT2D eigenvalue weighted by Crippen LogP contribution is 2.38. The van der Waals surface area contributed by atoms with Crippen LogP contribution >= 0.6 is 0 Å². The summed E-state index contributed by atoms with van der Waals surface area (Å²) in [6.07, 6.45) is 7.04. The predicted octanol–water partition coefficient (Wildman–Crippen LogP) is -0.401. The first-order chi connectivity index (χ1) is 32.2. The van der Waals surface area contributed by atoms with Gasteiger partial charge in [0.1, 0.15) is 12.2 Å². The predicted molar refractivity (Wildman–Crippen MR) is 249 cm³/mol. The molecule has 0 radical (unpaired) electrons. The molecule has 3 heterocycles. The van der Waals surface area contributed by atoms with Crippen LogP contribution in [-0.2, 0) is 28.5 Å². The van der Waals surface area contributed by atoms with E-state index < -0.39 is 135 Å². The van der Waals surface area contributed by atoms with Gasteiger partial charge in [-0.05, 0) is 39.0 Å². The Balaban J connectivity index is 1.56. The second-order valence-electron chi connectivity index (χ2n) is 18.8. The van der Waals surface area contributed by atoms with E-state index >= 15 is 0 Å². The number of nitrogens with two attached hydrogens (primary N) is 2. The number of aliphatic hydroxyl groups excluding tert-OH is 9. The van der Waals surface area contributed by atoms with Gasteiger partial charge >= 0.3 is 5.97 Å². The number of cyclic esters (lactones) is 1. The maximum Gasteiger partial charge on any atom is 0.308 e.